The Morgan fingerprint density at radius 2 is 1.85 bits per heavy atom. The van der Waals surface area contributed by atoms with Crippen LogP contribution in [0.3, 0.4) is 0 Å². The first-order chi connectivity index (χ1) is 19.2. The van der Waals surface area contributed by atoms with Gasteiger partial charge in [-0.25, -0.2) is 18.4 Å². The minimum atomic E-state index is -3.54. The van der Waals surface area contributed by atoms with E-state index < -0.39 is 21.8 Å². The van der Waals surface area contributed by atoms with Crippen molar-refractivity contribution in [3.63, 3.8) is 0 Å². The predicted molar refractivity (Wildman–Crippen MR) is 162 cm³/mol. The molecule has 2 fully saturated rings. The SMILES string of the molecule is CC(C)N(C)C1CCC(N2CC[C@H](NC(=O)c3nc(C(C)(C)C)ncc3Br)C2=O)[C@H](CS(=O)(=O)c2ccccc2)C1. The number of carbonyl (C=O) groups is 2. The minimum Gasteiger partial charge on any atom is -0.339 e. The normalized spacial score (nSPS) is 23.8. The molecule has 0 bridgehead atoms. The van der Waals surface area contributed by atoms with Gasteiger partial charge in [-0.2, -0.15) is 0 Å². The highest BCUT2D eigenvalue weighted by atomic mass is 79.9. The Hall–Kier alpha value is -2.37. The smallest absolute Gasteiger partial charge is 0.271 e. The summed E-state index contributed by atoms with van der Waals surface area (Å²) < 4.78 is 27.4. The fourth-order valence-corrected chi connectivity index (χ4v) is 7.95. The van der Waals surface area contributed by atoms with E-state index in [-0.39, 0.29) is 40.8 Å². The number of likely N-dealkylation sites (tertiary alicyclic amines) is 1. The molecule has 11 heteroatoms. The van der Waals surface area contributed by atoms with E-state index in [0.29, 0.717) is 40.6 Å². The Balaban J connectivity index is 1.53. The summed E-state index contributed by atoms with van der Waals surface area (Å²) in [7, 11) is -1.46. The van der Waals surface area contributed by atoms with E-state index in [2.05, 4.69) is 57.0 Å². The molecule has 4 rings (SSSR count). The van der Waals surface area contributed by atoms with Crippen molar-refractivity contribution in [3.05, 3.63) is 52.5 Å². The number of nitrogens with zero attached hydrogens (tertiary/aromatic N) is 4. The van der Waals surface area contributed by atoms with Crippen molar-refractivity contribution in [2.45, 2.75) is 94.8 Å². The number of halogens is 1. The Morgan fingerprint density at radius 1 is 1.17 bits per heavy atom. The van der Waals surface area contributed by atoms with Gasteiger partial charge in [-0.3, -0.25) is 9.59 Å². The van der Waals surface area contributed by atoms with Gasteiger partial charge in [0.15, 0.2) is 9.84 Å². The molecule has 41 heavy (non-hydrogen) atoms. The molecule has 1 aromatic carbocycles. The van der Waals surface area contributed by atoms with E-state index in [4.69, 9.17) is 0 Å². The summed E-state index contributed by atoms with van der Waals surface area (Å²) in [6, 6.07) is 8.21. The van der Waals surface area contributed by atoms with Crippen molar-refractivity contribution >= 4 is 37.6 Å². The summed E-state index contributed by atoms with van der Waals surface area (Å²) in [6.45, 7) is 10.7. The lowest BCUT2D eigenvalue weighted by Gasteiger charge is -2.44. The molecule has 1 saturated carbocycles. The van der Waals surface area contributed by atoms with E-state index in [9.17, 15) is 18.0 Å². The predicted octanol–water partition coefficient (Wildman–Crippen LogP) is 4.22. The maximum Gasteiger partial charge on any atom is 0.271 e. The Morgan fingerprint density at radius 3 is 2.49 bits per heavy atom. The molecule has 224 valence electrons. The number of hydrogen-bond donors (Lipinski definition) is 1. The lowest BCUT2D eigenvalue weighted by atomic mass is 9.81. The van der Waals surface area contributed by atoms with Crippen LogP contribution in [-0.2, 0) is 20.0 Å². The fraction of sp³-hybridized carbons (Fsp3) is 0.600. The van der Waals surface area contributed by atoms with Crippen LogP contribution in [0.2, 0.25) is 0 Å². The molecule has 2 aromatic rings. The van der Waals surface area contributed by atoms with E-state index >= 15 is 0 Å². The third kappa shape index (κ3) is 7.17. The highest BCUT2D eigenvalue weighted by Gasteiger charge is 2.44. The summed E-state index contributed by atoms with van der Waals surface area (Å²) in [4.78, 5) is 40.2. The van der Waals surface area contributed by atoms with E-state index in [1.807, 2.05) is 25.7 Å². The van der Waals surface area contributed by atoms with Gasteiger partial charge in [0.25, 0.3) is 5.91 Å². The zero-order valence-electron chi connectivity index (χ0n) is 24.8. The molecule has 0 radical (unpaired) electrons. The highest BCUT2D eigenvalue weighted by molar-refractivity contribution is 9.10. The summed E-state index contributed by atoms with van der Waals surface area (Å²) in [5, 5.41) is 2.89. The quantitative estimate of drug-likeness (QED) is 0.456. The Labute approximate surface area is 252 Å². The van der Waals surface area contributed by atoms with Gasteiger partial charge < -0.3 is 15.1 Å². The van der Waals surface area contributed by atoms with Crippen LogP contribution < -0.4 is 5.32 Å². The Bertz CT molecular complexity index is 1360. The maximum absolute atomic E-state index is 13.7. The number of sulfone groups is 1. The van der Waals surface area contributed by atoms with Gasteiger partial charge in [0.1, 0.15) is 17.6 Å². The molecule has 4 atom stereocenters. The molecule has 2 amide bonds. The molecule has 1 saturated heterocycles. The van der Waals surface area contributed by atoms with Crippen molar-refractivity contribution in [2.75, 3.05) is 19.3 Å². The fourth-order valence-electron chi connectivity index (χ4n) is 5.89. The van der Waals surface area contributed by atoms with Crippen LogP contribution in [0.25, 0.3) is 0 Å². The summed E-state index contributed by atoms with van der Waals surface area (Å²) in [6.07, 6.45) is 4.32. The minimum absolute atomic E-state index is 0.0195. The van der Waals surface area contributed by atoms with Gasteiger partial charge in [-0.1, -0.05) is 39.0 Å². The largest absolute Gasteiger partial charge is 0.339 e. The van der Waals surface area contributed by atoms with Crippen LogP contribution in [0.4, 0.5) is 0 Å². The van der Waals surface area contributed by atoms with Crippen molar-refractivity contribution in [3.8, 4) is 0 Å². The summed E-state index contributed by atoms with van der Waals surface area (Å²) in [5.74, 6) is -0.300. The van der Waals surface area contributed by atoms with Crippen LogP contribution >= 0.6 is 15.9 Å². The Kier molecular flexibility index (Phi) is 9.60. The van der Waals surface area contributed by atoms with E-state index in [1.54, 1.807) is 36.5 Å². The first-order valence-electron chi connectivity index (χ1n) is 14.3. The van der Waals surface area contributed by atoms with E-state index in [1.165, 1.54) is 0 Å². The van der Waals surface area contributed by atoms with Crippen molar-refractivity contribution in [2.24, 2.45) is 5.92 Å². The van der Waals surface area contributed by atoms with Crippen LogP contribution in [0.5, 0.6) is 0 Å². The summed E-state index contributed by atoms with van der Waals surface area (Å²) in [5.41, 5.74) is -0.145. The number of hydrogen-bond acceptors (Lipinski definition) is 7. The third-order valence-corrected chi connectivity index (χ3v) is 10.9. The van der Waals surface area contributed by atoms with Gasteiger partial charge in [-0.15, -0.1) is 0 Å². The van der Waals surface area contributed by atoms with E-state index in [0.717, 1.165) is 12.8 Å². The highest BCUT2D eigenvalue weighted by Crippen LogP contribution is 2.36. The van der Waals surface area contributed by atoms with Crippen LogP contribution in [0.15, 0.2) is 45.9 Å². The van der Waals surface area contributed by atoms with Crippen LogP contribution in [0.1, 0.15) is 76.6 Å². The molecule has 1 aromatic heterocycles. The number of benzene rings is 1. The molecule has 2 unspecified atom stereocenters. The van der Waals surface area contributed by atoms with Gasteiger partial charge >= 0.3 is 0 Å². The zero-order chi connectivity index (χ0) is 30.1. The molecular formula is C30H42BrN5O4S. The lowest BCUT2D eigenvalue weighted by Crippen LogP contribution is -2.53. The number of rotatable bonds is 8. The molecule has 1 aliphatic carbocycles. The first kappa shape index (κ1) is 31.6. The molecular weight excluding hydrogens is 606 g/mol. The molecule has 1 aliphatic heterocycles. The molecule has 1 N–H and O–H groups in total. The van der Waals surface area contributed by atoms with Gasteiger partial charge in [0.2, 0.25) is 5.91 Å². The number of carbonyl (C=O) groups excluding carboxylic acids is 2. The second-order valence-corrected chi connectivity index (χ2v) is 15.5. The first-order valence-corrected chi connectivity index (χ1v) is 16.8. The standard InChI is InChI=1S/C30H42BrN5O4S/c1-19(2)35(6)21-12-13-25(20(16-21)18-41(39,40)22-10-8-7-9-11-22)36-15-14-24(28(36)38)33-27(37)26-23(31)17-32-29(34-26)30(3,4)5/h7-11,17,19-21,24-25H,12-16,18H2,1-6H3,(H,33,37)/t20-,21?,24-,25?/m0/s1. The van der Waals surface area contributed by atoms with Gasteiger partial charge in [-0.05, 0) is 80.6 Å². The molecule has 9 nitrogen and oxygen atoms in total. The van der Waals surface area contributed by atoms with Crippen LogP contribution in [0, 0.1) is 5.92 Å². The monoisotopic (exact) mass is 647 g/mol. The molecule has 0 spiro atoms. The number of amides is 2. The summed E-state index contributed by atoms with van der Waals surface area (Å²) >= 11 is 3.38. The zero-order valence-corrected chi connectivity index (χ0v) is 27.2. The van der Waals surface area contributed by atoms with Crippen LogP contribution in [-0.4, -0.2) is 83.5 Å². The van der Waals surface area contributed by atoms with Crippen molar-refractivity contribution in [1.29, 1.82) is 0 Å². The average Bonchev–Trinajstić information content (AvgIpc) is 3.27. The number of nitrogens with one attached hydrogen (secondary N) is 1. The topological polar surface area (TPSA) is 113 Å². The maximum atomic E-state index is 13.7. The van der Waals surface area contributed by atoms with Gasteiger partial charge in [0, 0.05) is 36.3 Å². The average molecular weight is 649 g/mol. The second kappa shape index (κ2) is 12.5. The van der Waals surface area contributed by atoms with Crippen molar-refractivity contribution in [1.82, 2.24) is 25.1 Å². The lowest BCUT2D eigenvalue weighted by molar-refractivity contribution is -0.133. The second-order valence-electron chi connectivity index (χ2n) is 12.6. The van der Waals surface area contributed by atoms with Gasteiger partial charge in [0.05, 0.1) is 15.1 Å². The van der Waals surface area contributed by atoms with Crippen molar-refractivity contribution < 1.29 is 18.0 Å². The molecule has 2 aliphatic rings. The number of aromatic nitrogens is 2. The third-order valence-electron chi connectivity index (χ3n) is 8.42. The molecule has 2 heterocycles.